The second kappa shape index (κ2) is 5.64. The summed E-state index contributed by atoms with van der Waals surface area (Å²) in [5.41, 5.74) is 0.810. The van der Waals surface area contributed by atoms with Crippen LogP contribution < -0.4 is 9.47 Å². The second-order valence-corrected chi connectivity index (χ2v) is 4.82. The van der Waals surface area contributed by atoms with Crippen LogP contribution in [0.5, 0.6) is 11.5 Å². The molecule has 0 atom stereocenters. The van der Waals surface area contributed by atoms with Gasteiger partial charge >= 0.3 is 5.97 Å². The SMILES string of the molecule is COc1cc2oc(-c3ccc(F)cc3)c(C(=O)O)c2cc1OC. The molecule has 0 spiro atoms. The number of halogens is 1. The van der Waals surface area contributed by atoms with Crippen molar-refractivity contribution in [2.75, 3.05) is 14.2 Å². The number of rotatable bonds is 4. The minimum absolute atomic E-state index is 0.00689. The molecule has 0 saturated heterocycles. The summed E-state index contributed by atoms with van der Waals surface area (Å²) in [6.45, 7) is 0. The summed E-state index contributed by atoms with van der Waals surface area (Å²) in [7, 11) is 2.94. The molecule has 0 saturated carbocycles. The van der Waals surface area contributed by atoms with Gasteiger partial charge in [-0.15, -0.1) is 0 Å². The third-order valence-electron chi connectivity index (χ3n) is 3.51. The zero-order valence-electron chi connectivity index (χ0n) is 12.4. The van der Waals surface area contributed by atoms with Gasteiger partial charge in [-0.05, 0) is 30.3 Å². The minimum Gasteiger partial charge on any atom is -0.493 e. The third kappa shape index (κ3) is 2.48. The Hall–Kier alpha value is -3.02. The monoisotopic (exact) mass is 316 g/mol. The first-order valence-electron chi connectivity index (χ1n) is 6.73. The van der Waals surface area contributed by atoms with E-state index in [4.69, 9.17) is 13.9 Å². The predicted molar refractivity (Wildman–Crippen MR) is 81.7 cm³/mol. The maximum Gasteiger partial charge on any atom is 0.340 e. The van der Waals surface area contributed by atoms with Gasteiger partial charge in [0.05, 0.1) is 14.2 Å². The Balaban J connectivity index is 2.31. The molecule has 3 rings (SSSR count). The Kier molecular flexibility index (Phi) is 3.65. The van der Waals surface area contributed by atoms with Gasteiger partial charge in [-0.1, -0.05) is 0 Å². The van der Waals surface area contributed by atoms with E-state index < -0.39 is 11.8 Å². The zero-order valence-corrected chi connectivity index (χ0v) is 12.4. The van der Waals surface area contributed by atoms with Gasteiger partial charge < -0.3 is 19.0 Å². The molecule has 0 aliphatic rings. The van der Waals surface area contributed by atoms with E-state index in [9.17, 15) is 14.3 Å². The number of aromatic carboxylic acids is 1. The first kappa shape index (κ1) is 14.9. The van der Waals surface area contributed by atoms with Crippen molar-refractivity contribution in [1.82, 2.24) is 0 Å². The molecule has 0 radical (unpaired) electrons. The molecule has 2 aromatic carbocycles. The van der Waals surface area contributed by atoms with Crippen molar-refractivity contribution in [2.45, 2.75) is 0 Å². The Labute approximate surface area is 130 Å². The summed E-state index contributed by atoms with van der Waals surface area (Å²) in [4.78, 5) is 11.7. The van der Waals surface area contributed by atoms with Crippen molar-refractivity contribution in [2.24, 2.45) is 0 Å². The lowest BCUT2D eigenvalue weighted by Crippen LogP contribution is -1.97. The van der Waals surface area contributed by atoms with Crippen molar-refractivity contribution in [1.29, 1.82) is 0 Å². The topological polar surface area (TPSA) is 68.9 Å². The quantitative estimate of drug-likeness (QED) is 0.789. The van der Waals surface area contributed by atoms with Gasteiger partial charge in [-0.25, -0.2) is 9.18 Å². The summed E-state index contributed by atoms with van der Waals surface area (Å²) >= 11 is 0. The van der Waals surface area contributed by atoms with Gasteiger partial charge in [0.1, 0.15) is 22.7 Å². The number of carbonyl (C=O) groups is 1. The van der Waals surface area contributed by atoms with Gasteiger partial charge in [0.25, 0.3) is 0 Å². The lowest BCUT2D eigenvalue weighted by atomic mass is 10.1. The van der Waals surface area contributed by atoms with E-state index in [1.54, 1.807) is 12.1 Å². The van der Waals surface area contributed by atoms with E-state index in [-0.39, 0.29) is 11.3 Å². The number of benzene rings is 2. The largest absolute Gasteiger partial charge is 0.493 e. The molecule has 0 fully saturated rings. The lowest BCUT2D eigenvalue weighted by Gasteiger charge is -2.06. The van der Waals surface area contributed by atoms with Crippen molar-refractivity contribution in [3.63, 3.8) is 0 Å². The van der Waals surface area contributed by atoms with Crippen LogP contribution in [0.4, 0.5) is 4.39 Å². The Morgan fingerprint density at radius 3 is 2.26 bits per heavy atom. The van der Waals surface area contributed by atoms with E-state index in [2.05, 4.69) is 0 Å². The molecule has 1 N–H and O–H groups in total. The van der Waals surface area contributed by atoms with Crippen LogP contribution in [0.25, 0.3) is 22.3 Å². The summed E-state index contributed by atoms with van der Waals surface area (Å²) in [5.74, 6) is -0.575. The fourth-order valence-corrected chi connectivity index (χ4v) is 2.44. The standard InChI is InChI=1S/C17H13FO5/c1-21-13-7-11-12(8-14(13)22-2)23-16(15(11)17(19)20)9-3-5-10(18)6-4-9/h3-8H,1-2H3,(H,19,20). The fraction of sp³-hybridized carbons (Fsp3) is 0.118. The molecule has 1 heterocycles. The van der Waals surface area contributed by atoms with Crippen LogP contribution in [0.2, 0.25) is 0 Å². The van der Waals surface area contributed by atoms with Gasteiger partial charge in [-0.3, -0.25) is 0 Å². The summed E-state index contributed by atoms with van der Waals surface area (Å²) in [6.07, 6.45) is 0. The average molecular weight is 316 g/mol. The number of ether oxygens (including phenoxy) is 2. The molecule has 5 nitrogen and oxygen atoms in total. The van der Waals surface area contributed by atoms with Crippen LogP contribution in [-0.4, -0.2) is 25.3 Å². The van der Waals surface area contributed by atoms with Crippen molar-refractivity contribution >= 4 is 16.9 Å². The number of carboxylic acid groups (broad SMARTS) is 1. The average Bonchev–Trinajstić information content (AvgIpc) is 2.92. The normalized spacial score (nSPS) is 10.7. The number of carboxylic acids is 1. The number of furan rings is 1. The molecular formula is C17H13FO5. The maximum atomic E-state index is 13.1. The molecule has 0 amide bonds. The van der Waals surface area contributed by atoms with Crippen molar-refractivity contribution in [3.8, 4) is 22.8 Å². The van der Waals surface area contributed by atoms with E-state index in [1.165, 1.54) is 38.5 Å². The lowest BCUT2D eigenvalue weighted by molar-refractivity contribution is 0.0699. The number of hydrogen-bond donors (Lipinski definition) is 1. The van der Waals surface area contributed by atoms with Crippen molar-refractivity contribution in [3.05, 3.63) is 47.8 Å². The molecule has 0 unspecified atom stereocenters. The summed E-state index contributed by atoms with van der Waals surface area (Å²) in [6, 6.07) is 8.54. The smallest absolute Gasteiger partial charge is 0.340 e. The van der Waals surface area contributed by atoms with Crippen LogP contribution in [0.3, 0.4) is 0 Å². The Morgan fingerprint density at radius 1 is 1.09 bits per heavy atom. The van der Waals surface area contributed by atoms with E-state index in [0.717, 1.165) is 0 Å². The van der Waals surface area contributed by atoms with Crippen LogP contribution in [-0.2, 0) is 0 Å². The molecule has 1 aromatic heterocycles. The van der Waals surface area contributed by atoms with E-state index in [0.29, 0.717) is 28.0 Å². The number of fused-ring (bicyclic) bond motifs is 1. The first-order chi connectivity index (χ1) is 11.0. The predicted octanol–water partition coefficient (Wildman–Crippen LogP) is 3.95. The van der Waals surface area contributed by atoms with Crippen LogP contribution in [0, 0.1) is 5.82 Å². The molecule has 0 aliphatic carbocycles. The van der Waals surface area contributed by atoms with Crippen LogP contribution in [0.15, 0.2) is 40.8 Å². The highest BCUT2D eigenvalue weighted by molar-refractivity contribution is 6.08. The van der Waals surface area contributed by atoms with Crippen molar-refractivity contribution < 1.29 is 28.2 Å². The fourth-order valence-electron chi connectivity index (χ4n) is 2.44. The summed E-state index contributed by atoms with van der Waals surface area (Å²) in [5, 5.41) is 9.94. The third-order valence-corrected chi connectivity index (χ3v) is 3.51. The summed E-state index contributed by atoms with van der Waals surface area (Å²) < 4.78 is 29.2. The molecule has 0 bridgehead atoms. The maximum absolute atomic E-state index is 13.1. The second-order valence-electron chi connectivity index (χ2n) is 4.82. The first-order valence-corrected chi connectivity index (χ1v) is 6.73. The highest BCUT2D eigenvalue weighted by Crippen LogP contribution is 2.39. The van der Waals surface area contributed by atoms with Gasteiger partial charge in [-0.2, -0.15) is 0 Å². The Morgan fingerprint density at radius 2 is 1.70 bits per heavy atom. The minimum atomic E-state index is -1.14. The van der Waals surface area contributed by atoms with E-state index >= 15 is 0 Å². The number of methoxy groups -OCH3 is 2. The Bertz CT molecular complexity index is 880. The highest BCUT2D eigenvalue weighted by Gasteiger charge is 2.23. The molecule has 23 heavy (non-hydrogen) atoms. The van der Waals surface area contributed by atoms with E-state index in [1.807, 2.05) is 0 Å². The molecule has 0 aliphatic heterocycles. The molecule has 6 heteroatoms. The molecule has 118 valence electrons. The molecule has 3 aromatic rings. The van der Waals surface area contributed by atoms with Gasteiger partial charge in [0, 0.05) is 17.0 Å². The highest BCUT2D eigenvalue weighted by atomic mass is 19.1. The van der Waals surface area contributed by atoms with Gasteiger partial charge in [0.15, 0.2) is 11.5 Å². The number of hydrogen-bond acceptors (Lipinski definition) is 4. The molecular weight excluding hydrogens is 303 g/mol. The van der Waals surface area contributed by atoms with Crippen LogP contribution in [0.1, 0.15) is 10.4 Å². The van der Waals surface area contributed by atoms with Gasteiger partial charge in [0.2, 0.25) is 0 Å². The zero-order chi connectivity index (χ0) is 16.6. The van der Waals surface area contributed by atoms with Crippen LogP contribution >= 0.6 is 0 Å².